The number of para-hydroxylation sites is 1. The number of carbonyl (C=O) groups excluding carboxylic acids is 2. The van der Waals surface area contributed by atoms with Gasteiger partial charge in [0.25, 0.3) is 0 Å². The number of unbranched alkanes of at least 4 members (excludes halogenated alkanes) is 19. The first-order chi connectivity index (χ1) is 25.9. The van der Waals surface area contributed by atoms with Crippen molar-refractivity contribution >= 4 is 40.9 Å². The van der Waals surface area contributed by atoms with Crippen molar-refractivity contribution in [2.75, 3.05) is 38.1 Å². The van der Waals surface area contributed by atoms with Gasteiger partial charge in [0.1, 0.15) is 5.82 Å². The van der Waals surface area contributed by atoms with E-state index in [1.165, 1.54) is 109 Å². The van der Waals surface area contributed by atoms with Crippen LogP contribution in [0.1, 0.15) is 149 Å². The highest BCUT2D eigenvalue weighted by molar-refractivity contribution is 6.31. The molecule has 0 aliphatic carbocycles. The maximum atomic E-state index is 14.1. The van der Waals surface area contributed by atoms with Crippen LogP contribution in [-0.2, 0) is 14.3 Å². The number of hydrogen-bond donors (Lipinski definition) is 0. The van der Waals surface area contributed by atoms with Gasteiger partial charge in [-0.3, -0.25) is 4.79 Å². The third-order valence-electron chi connectivity index (χ3n) is 10.6. The van der Waals surface area contributed by atoms with Crippen LogP contribution in [0.15, 0.2) is 47.5 Å². The number of esters is 1. The first kappa shape index (κ1) is 42.6. The van der Waals surface area contributed by atoms with E-state index in [2.05, 4.69) is 23.8 Å². The first-order valence-electron chi connectivity index (χ1n) is 21.0. The molecule has 0 saturated carbocycles. The Balaban J connectivity index is 1.13. The lowest BCUT2D eigenvalue weighted by Gasteiger charge is -2.39. The number of ether oxygens (including phenoxy) is 2. The zero-order chi connectivity index (χ0) is 37.7. The predicted molar refractivity (Wildman–Crippen MR) is 218 cm³/mol. The molecule has 0 bridgehead atoms. The Kier molecular flexibility index (Phi) is 19.6. The van der Waals surface area contributed by atoms with Gasteiger partial charge < -0.3 is 19.3 Å². The quantitative estimate of drug-likeness (QED) is 0.0604. The SMILES string of the molecule is CCCCCCCCCCCCCCCCCCCCCCC(=O)OC(C)OC(=O)N1C(N2CCN(C)CC2)=c2ccccc2=Nc2ccc(Cl)cc21. The largest absolute Gasteiger partial charge is 0.425 e. The maximum absolute atomic E-state index is 14.1. The second kappa shape index (κ2) is 24.3. The number of fused-ring (bicyclic) bond motifs is 2. The average molecular weight is 751 g/mol. The van der Waals surface area contributed by atoms with Crippen LogP contribution in [-0.4, -0.2) is 61.4 Å². The number of nitrogens with zero attached hydrogens (tertiary/aromatic N) is 4. The number of rotatable bonds is 24. The first-order valence-corrected chi connectivity index (χ1v) is 21.4. The van der Waals surface area contributed by atoms with Gasteiger partial charge in [-0.1, -0.05) is 153 Å². The fourth-order valence-electron chi connectivity index (χ4n) is 7.40. The number of amides is 1. The second-order valence-corrected chi connectivity index (χ2v) is 15.6. The number of benzene rings is 2. The minimum absolute atomic E-state index is 0.313. The van der Waals surface area contributed by atoms with Crippen molar-refractivity contribution in [1.82, 2.24) is 9.80 Å². The van der Waals surface area contributed by atoms with Gasteiger partial charge in [0.05, 0.1) is 16.7 Å². The number of halogens is 1. The molecule has 1 fully saturated rings. The summed E-state index contributed by atoms with van der Waals surface area (Å²) >= 11 is 6.47. The zero-order valence-corrected chi connectivity index (χ0v) is 33.9. The summed E-state index contributed by atoms with van der Waals surface area (Å²) in [5.41, 5.74) is 1.13. The van der Waals surface area contributed by atoms with E-state index in [0.717, 1.165) is 56.0 Å². The molecule has 0 radical (unpaired) electrons. The highest BCUT2D eigenvalue weighted by atomic mass is 35.5. The van der Waals surface area contributed by atoms with Crippen LogP contribution in [0.25, 0.3) is 5.82 Å². The van der Waals surface area contributed by atoms with E-state index in [1.807, 2.05) is 30.3 Å². The molecular weight excluding hydrogens is 684 g/mol. The molecule has 53 heavy (non-hydrogen) atoms. The molecule has 1 amide bonds. The Bertz CT molecular complexity index is 1510. The minimum atomic E-state index is -1.05. The van der Waals surface area contributed by atoms with E-state index in [0.29, 0.717) is 28.6 Å². The van der Waals surface area contributed by atoms with Crippen molar-refractivity contribution < 1.29 is 19.1 Å². The van der Waals surface area contributed by atoms with Gasteiger partial charge in [0.15, 0.2) is 0 Å². The van der Waals surface area contributed by atoms with E-state index >= 15 is 0 Å². The van der Waals surface area contributed by atoms with E-state index < -0.39 is 12.4 Å². The molecule has 0 N–H and O–H groups in total. The number of carbonyl (C=O) groups is 2. The standard InChI is InChI=1S/C44H67ClN4O4/c1-4-5-6-7-8-9-10-11-12-13-14-15-16-17-18-19-20-21-22-23-28-42(50)52-36(2)53-44(51)49-41-35-37(45)29-30-40(41)46-39-27-25-24-26-38(39)43(49)48-33-31-47(3)32-34-48/h24-27,29-30,35-36H,4-23,28,31-34H2,1-3H3. The Morgan fingerprint density at radius 2 is 1.25 bits per heavy atom. The van der Waals surface area contributed by atoms with E-state index in [4.69, 9.17) is 26.1 Å². The van der Waals surface area contributed by atoms with Gasteiger partial charge in [-0.05, 0) is 43.8 Å². The molecule has 4 rings (SSSR count). The summed E-state index contributed by atoms with van der Waals surface area (Å²) < 4.78 is 11.4. The number of piperazine rings is 1. The van der Waals surface area contributed by atoms with Gasteiger partial charge >= 0.3 is 12.1 Å². The molecule has 8 nitrogen and oxygen atoms in total. The summed E-state index contributed by atoms with van der Waals surface area (Å²) in [6.45, 7) is 7.03. The molecule has 0 spiro atoms. The molecule has 294 valence electrons. The summed E-state index contributed by atoms with van der Waals surface area (Å²) in [6, 6.07) is 13.1. The van der Waals surface area contributed by atoms with Crippen molar-refractivity contribution in [1.29, 1.82) is 0 Å². The Morgan fingerprint density at radius 1 is 0.717 bits per heavy atom. The Labute approximate surface area is 324 Å². The predicted octanol–water partition coefficient (Wildman–Crippen LogP) is 10.7. The summed E-state index contributed by atoms with van der Waals surface area (Å²) in [7, 11) is 2.09. The summed E-state index contributed by atoms with van der Waals surface area (Å²) in [5, 5.41) is 2.06. The minimum Gasteiger partial charge on any atom is -0.425 e. The highest BCUT2D eigenvalue weighted by Gasteiger charge is 2.33. The van der Waals surface area contributed by atoms with Crippen LogP contribution in [0.2, 0.25) is 5.02 Å². The molecule has 1 unspecified atom stereocenters. The van der Waals surface area contributed by atoms with Crippen molar-refractivity contribution in [2.24, 2.45) is 4.99 Å². The van der Waals surface area contributed by atoms with Gasteiger partial charge in [-0.2, -0.15) is 0 Å². The molecule has 0 aromatic heterocycles. The van der Waals surface area contributed by atoms with Gasteiger partial charge in [-0.25, -0.2) is 14.7 Å². The number of anilines is 1. The molecule has 2 aliphatic heterocycles. The normalized spacial score (nSPS) is 15.0. The summed E-state index contributed by atoms with van der Waals surface area (Å²) in [4.78, 5) is 37.7. The van der Waals surface area contributed by atoms with Crippen molar-refractivity contribution in [3.8, 4) is 0 Å². The highest BCUT2D eigenvalue weighted by Crippen LogP contribution is 2.36. The monoisotopic (exact) mass is 750 g/mol. The van der Waals surface area contributed by atoms with Crippen LogP contribution >= 0.6 is 11.6 Å². The molecule has 1 atom stereocenters. The van der Waals surface area contributed by atoms with Crippen LogP contribution in [0.5, 0.6) is 0 Å². The summed E-state index contributed by atoms with van der Waals surface area (Å²) in [6.07, 6.45) is 24.9. The second-order valence-electron chi connectivity index (χ2n) is 15.1. The smallest absolute Gasteiger partial charge is 0.423 e. The van der Waals surface area contributed by atoms with Crippen molar-refractivity contribution in [3.63, 3.8) is 0 Å². The molecule has 1 saturated heterocycles. The lowest BCUT2D eigenvalue weighted by Crippen LogP contribution is -2.51. The van der Waals surface area contributed by atoms with Crippen molar-refractivity contribution in [3.05, 3.63) is 58.1 Å². The summed E-state index contributed by atoms with van der Waals surface area (Å²) in [5.74, 6) is 0.335. The van der Waals surface area contributed by atoms with E-state index in [1.54, 1.807) is 24.0 Å². The number of hydrogen-bond acceptors (Lipinski definition) is 7. The third-order valence-corrected chi connectivity index (χ3v) is 10.8. The van der Waals surface area contributed by atoms with Crippen LogP contribution in [0, 0.1) is 0 Å². The lowest BCUT2D eigenvalue weighted by molar-refractivity contribution is -0.164. The number of likely N-dealkylation sites (N-methyl/N-ethyl adjacent to an activating group) is 1. The lowest BCUT2D eigenvalue weighted by atomic mass is 10.0. The van der Waals surface area contributed by atoms with Crippen LogP contribution in [0.4, 0.5) is 16.2 Å². The molecule has 9 heteroatoms. The average Bonchev–Trinajstić information content (AvgIpc) is 3.28. The zero-order valence-electron chi connectivity index (χ0n) is 33.1. The van der Waals surface area contributed by atoms with Crippen LogP contribution in [0.3, 0.4) is 0 Å². The third kappa shape index (κ3) is 14.9. The fourth-order valence-corrected chi connectivity index (χ4v) is 7.56. The molecule has 2 aliphatic rings. The fraction of sp³-hybridized carbons (Fsp3) is 0.659. The van der Waals surface area contributed by atoms with Gasteiger partial charge in [0.2, 0.25) is 6.29 Å². The molecule has 2 aromatic carbocycles. The Hall–Kier alpha value is -3.10. The Morgan fingerprint density at radius 3 is 1.81 bits per heavy atom. The molecule has 2 aromatic rings. The molecule has 2 heterocycles. The van der Waals surface area contributed by atoms with Gasteiger partial charge in [-0.15, -0.1) is 0 Å². The van der Waals surface area contributed by atoms with Gasteiger partial charge in [0, 0.05) is 49.8 Å². The topological polar surface area (TPSA) is 74.7 Å². The van der Waals surface area contributed by atoms with Crippen molar-refractivity contribution in [2.45, 2.75) is 155 Å². The maximum Gasteiger partial charge on any atom is 0.423 e. The van der Waals surface area contributed by atoms with Crippen LogP contribution < -0.4 is 15.5 Å². The van der Waals surface area contributed by atoms with E-state index in [9.17, 15) is 9.59 Å². The molecular formula is C44H67ClN4O4. The van der Waals surface area contributed by atoms with E-state index in [-0.39, 0.29) is 5.97 Å².